The first kappa shape index (κ1) is 24.8. The van der Waals surface area contributed by atoms with Gasteiger partial charge in [-0.2, -0.15) is 0 Å². The third-order valence-corrected chi connectivity index (χ3v) is 6.83. The molecule has 0 spiro atoms. The van der Waals surface area contributed by atoms with Gasteiger partial charge in [-0.1, -0.05) is 17.7 Å². The lowest BCUT2D eigenvalue weighted by atomic mass is 10.1. The molecule has 0 saturated carbocycles. The minimum absolute atomic E-state index is 0.00695. The zero-order chi connectivity index (χ0) is 24.1. The molecule has 176 valence electrons. The molecule has 2 aromatic carbocycles. The summed E-state index contributed by atoms with van der Waals surface area (Å²) in [5.41, 5.74) is 0.627. The van der Waals surface area contributed by atoms with Crippen molar-refractivity contribution in [2.24, 2.45) is 0 Å². The Labute approximate surface area is 199 Å². The Bertz CT molecular complexity index is 1050. The van der Waals surface area contributed by atoms with Gasteiger partial charge in [0.05, 0.1) is 11.5 Å². The van der Waals surface area contributed by atoms with Crippen LogP contribution in [0.25, 0.3) is 0 Å². The van der Waals surface area contributed by atoms with E-state index in [1.807, 2.05) is 25.1 Å². The number of piperazine rings is 1. The summed E-state index contributed by atoms with van der Waals surface area (Å²) in [5, 5.41) is 12.2. The Morgan fingerprint density at radius 2 is 2.00 bits per heavy atom. The van der Waals surface area contributed by atoms with Crippen molar-refractivity contribution in [1.82, 2.24) is 4.90 Å². The lowest BCUT2D eigenvalue weighted by molar-refractivity contribution is -0.387. The van der Waals surface area contributed by atoms with Gasteiger partial charge in [0.25, 0.3) is 5.91 Å². The molecule has 3 rings (SSSR count). The van der Waals surface area contributed by atoms with Crippen LogP contribution in [0.1, 0.15) is 24.2 Å². The Hall–Kier alpha value is -2.82. The summed E-state index contributed by atoms with van der Waals surface area (Å²) in [6.07, 6.45) is 0. The number of carbonyl (C=O) groups excluding carboxylic acids is 2. The molecule has 1 fully saturated rings. The minimum atomic E-state index is -1.97. The summed E-state index contributed by atoms with van der Waals surface area (Å²) in [5.74, 6) is -1.56. The van der Waals surface area contributed by atoms with Crippen molar-refractivity contribution in [2.75, 3.05) is 36.9 Å². The second-order valence-electron chi connectivity index (χ2n) is 7.51. The standard InChI is InChI=1S/C22H24ClN3O6S/c1-3-32-21(27)14-33(31)20-8-7-16(11-19(20)26(29)30)22(28)24-9-10-25(15(2)13-24)18-6-4-5-17(23)12-18/h4-8,11-12,15H,3,9-10,13-14H2,1-2H3/t15-,33?/m1/s1. The van der Waals surface area contributed by atoms with Crippen molar-refractivity contribution < 1.29 is 23.8 Å². The fraction of sp³-hybridized carbons (Fsp3) is 0.364. The zero-order valence-corrected chi connectivity index (χ0v) is 19.8. The number of ether oxygens (including phenoxy) is 1. The largest absolute Gasteiger partial charge is 0.611 e. The number of benzene rings is 2. The monoisotopic (exact) mass is 493 g/mol. The summed E-state index contributed by atoms with van der Waals surface area (Å²) in [4.78, 5) is 39.2. The Morgan fingerprint density at radius 1 is 1.24 bits per heavy atom. The number of nitro benzene ring substituents is 1. The van der Waals surface area contributed by atoms with E-state index in [4.69, 9.17) is 16.3 Å². The minimum Gasteiger partial charge on any atom is -0.611 e. The van der Waals surface area contributed by atoms with Crippen LogP contribution in [0.3, 0.4) is 0 Å². The maximum Gasteiger partial charge on any atom is 0.356 e. The van der Waals surface area contributed by atoms with Crippen LogP contribution in [0.5, 0.6) is 0 Å². The molecule has 1 aliphatic rings. The zero-order valence-electron chi connectivity index (χ0n) is 18.2. The van der Waals surface area contributed by atoms with E-state index in [1.165, 1.54) is 12.1 Å². The molecule has 2 atom stereocenters. The average molecular weight is 494 g/mol. The molecule has 1 unspecified atom stereocenters. The number of nitro groups is 1. The second-order valence-corrected chi connectivity index (χ2v) is 9.36. The molecule has 1 aliphatic heterocycles. The van der Waals surface area contributed by atoms with E-state index in [0.29, 0.717) is 24.7 Å². The maximum atomic E-state index is 13.1. The number of rotatable bonds is 7. The number of amides is 1. The normalized spacial score (nSPS) is 16.9. The molecule has 1 heterocycles. The predicted molar refractivity (Wildman–Crippen MR) is 125 cm³/mol. The van der Waals surface area contributed by atoms with Crippen LogP contribution in [0.2, 0.25) is 5.02 Å². The quantitative estimate of drug-likeness (QED) is 0.251. The molecule has 33 heavy (non-hydrogen) atoms. The molecular weight excluding hydrogens is 470 g/mol. The molecule has 0 aromatic heterocycles. The van der Waals surface area contributed by atoms with Crippen LogP contribution < -0.4 is 4.90 Å². The molecule has 0 N–H and O–H groups in total. The smallest absolute Gasteiger partial charge is 0.356 e. The summed E-state index contributed by atoms with van der Waals surface area (Å²) in [7, 11) is 0. The molecule has 0 bridgehead atoms. The van der Waals surface area contributed by atoms with Gasteiger partial charge in [-0.05, 0) is 38.1 Å². The lowest BCUT2D eigenvalue weighted by Gasteiger charge is -2.41. The summed E-state index contributed by atoms with van der Waals surface area (Å²) in [6, 6.07) is 11.3. The molecular formula is C22H24ClN3O6S. The number of nitrogens with zero attached hydrogens (tertiary/aromatic N) is 3. The van der Waals surface area contributed by atoms with E-state index in [0.717, 1.165) is 11.8 Å². The van der Waals surface area contributed by atoms with Gasteiger partial charge in [-0.15, -0.1) is 0 Å². The van der Waals surface area contributed by atoms with E-state index >= 15 is 0 Å². The van der Waals surface area contributed by atoms with Crippen molar-refractivity contribution in [2.45, 2.75) is 24.8 Å². The molecule has 2 aromatic rings. The molecule has 0 radical (unpaired) electrons. The van der Waals surface area contributed by atoms with Crippen LogP contribution in [-0.2, 0) is 20.7 Å². The van der Waals surface area contributed by atoms with Gasteiger partial charge in [0.1, 0.15) is 0 Å². The lowest BCUT2D eigenvalue weighted by Crippen LogP contribution is -2.53. The van der Waals surface area contributed by atoms with Gasteiger partial charge < -0.3 is 19.1 Å². The van der Waals surface area contributed by atoms with Crippen molar-refractivity contribution in [1.29, 1.82) is 0 Å². The van der Waals surface area contributed by atoms with Crippen molar-refractivity contribution in [3.63, 3.8) is 0 Å². The van der Waals surface area contributed by atoms with Gasteiger partial charge >= 0.3 is 11.7 Å². The summed E-state index contributed by atoms with van der Waals surface area (Å²) < 4.78 is 17.2. The highest BCUT2D eigenvalue weighted by Gasteiger charge is 2.32. The average Bonchev–Trinajstić information content (AvgIpc) is 2.78. The van der Waals surface area contributed by atoms with E-state index in [9.17, 15) is 24.3 Å². The Morgan fingerprint density at radius 3 is 2.64 bits per heavy atom. The fourth-order valence-corrected chi connectivity index (χ4v) is 4.96. The highest BCUT2D eigenvalue weighted by atomic mass is 35.5. The first-order valence-electron chi connectivity index (χ1n) is 10.3. The van der Waals surface area contributed by atoms with Crippen LogP contribution in [-0.4, -0.2) is 64.3 Å². The predicted octanol–water partition coefficient (Wildman–Crippen LogP) is 3.27. The molecule has 9 nitrogen and oxygen atoms in total. The van der Waals surface area contributed by atoms with Gasteiger partial charge in [0.15, 0.2) is 0 Å². The number of esters is 1. The van der Waals surface area contributed by atoms with Crippen LogP contribution in [0.4, 0.5) is 11.4 Å². The van der Waals surface area contributed by atoms with E-state index < -0.39 is 33.5 Å². The van der Waals surface area contributed by atoms with Crippen LogP contribution in [0.15, 0.2) is 47.4 Å². The first-order valence-corrected chi connectivity index (χ1v) is 12.0. The van der Waals surface area contributed by atoms with Gasteiger partial charge in [0.2, 0.25) is 10.6 Å². The fourth-order valence-electron chi connectivity index (χ4n) is 3.74. The van der Waals surface area contributed by atoms with E-state index in [2.05, 4.69) is 4.90 Å². The summed E-state index contributed by atoms with van der Waals surface area (Å²) in [6.45, 7) is 5.16. The van der Waals surface area contributed by atoms with Gasteiger partial charge in [-0.25, -0.2) is 4.79 Å². The number of hydrogen-bond acceptors (Lipinski definition) is 7. The van der Waals surface area contributed by atoms with E-state index in [-0.39, 0.29) is 29.0 Å². The highest BCUT2D eigenvalue weighted by Crippen LogP contribution is 2.28. The second kappa shape index (κ2) is 10.9. The van der Waals surface area contributed by atoms with Crippen LogP contribution >= 0.6 is 11.6 Å². The third kappa shape index (κ3) is 5.95. The molecule has 1 amide bonds. The maximum absolute atomic E-state index is 13.1. The van der Waals surface area contributed by atoms with Crippen molar-refractivity contribution in [3.05, 3.63) is 63.2 Å². The molecule has 11 heteroatoms. The van der Waals surface area contributed by atoms with E-state index in [1.54, 1.807) is 17.9 Å². The molecule has 0 aliphatic carbocycles. The third-order valence-electron chi connectivity index (χ3n) is 5.26. The molecule has 1 saturated heterocycles. The van der Waals surface area contributed by atoms with Crippen LogP contribution in [0, 0.1) is 10.1 Å². The van der Waals surface area contributed by atoms with Crippen molar-refractivity contribution in [3.8, 4) is 0 Å². The Balaban J connectivity index is 1.75. The number of halogens is 1. The first-order chi connectivity index (χ1) is 15.7. The topological polar surface area (TPSA) is 116 Å². The number of hydrogen-bond donors (Lipinski definition) is 0. The summed E-state index contributed by atoms with van der Waals surface area (Å²) >= 11 is 4.13. The number of carbonyl (C=O) groups is 2. The van der Waals surface area contributed by atoms with Gasteiger partial charge in [-0.3, -0.25) is 14.9 Å². The SMILES string of the molecule is CCOC(=O)C[S+]([O-])c1ccc(C(=O)N2CCN(c3cccc(Cl)c3)[C@H](C)C2)cc1[N+](=O)[O-]. The highest BCUT2D eigenvalue weighted by molar-refractivity contribution is 7.92. The van der Waals surface area contributed by atoms with Crippen molar-refractivity contribution >= 4 is 46.0 Å². The number of anilines is 1. The Kier molecular flexibility index (Phi) is 8.17. The van der Waals surface area contributed by atoms with Gasteiger partial charge in [0, 0.05) is 65.3 Å².